The summed E-state index contributed by atoms with van der Waals surface area (Å²) in [6.45, 7) is 1.81. The summed E-state index contributed by atoms with van der Waals surface area (Å²) >= 11 is 0. The number of nitrogens with one attached hydrogen (secondary N) is 1. The lowest BCUT2D eigenvalue weighted by atomic mass is 10.2. The topological polar surface area (TPSA) is 99.4 Å². The maximum atomic E-state index is 9.56. The van der Waals surface area contributed by atoms with Crippen LogP contribution in [0.15, 0.2) is 11.1 Å². The molecule has 1 heterocycles. The lowest BCUT2D eigenvalue weighted by molar-refractivity contribution is 0.175. The fraction of sp³-hybridized carbons (Fsp3) is 0.455. The molecule has 0 aliphatic rings. The zero-order chi connectivity index (χ0) is 13.0. The van der Waals surface area contributed by atoms with Crippen molar-refractivity contribution in [2.75, 3.05) is 18.1 Å². The van der Waals surface area contributed by atoms with Crippen LogP contribution in [-0.2, 0) is 7.05 Å². The third-order valence-corrected chi connectivity index (χ3v) is 2.51. The van der Waals surface area contributed by atoms with E-state index < -0.39 is 6.23 Å². The Balaban J connectivity index is 3.62. The highest BCUT2D eigenvalue weighted by Crippen LogP contribution is 2.13. The number of nitrogens with two attached hydrogens (primary N) is 1. The first-order chi connectivity index (χ1) is 8.04. The van der Waals surface area contributed by atoms with Crippen molar-refractivity contribution in [3.63, 3.8) is 0 Å². The Morgan fingerprint density at radius 3 is 2.82 bits per heavy atom. The molecule has 1 atom stereocenters. The van der Waals surface area contributed by atoms with Gasteiger partial charge in [-0.15, -0.1) is 0 Å². The van der Waals surface area contributed by atoms with Crippen LogP contribution in [0.1, 0.15) is 18.9 Å². The number of pyridine rings is 1. The molecule has 0 saturated carbocycles. The van der Waals surface area contributed by atoms with Gasteiger partial charge in [0.15, 0.2) is 5.49 Å². The molecule has 0 radical (unpaired) electrons. The molecule has 0 saturated heterocycles. The van der Waals surface area contributed by atoms with Gasteiger partial charge in [-0.2, -0.15) is 5.26 Å². The second-order valence-corrected chi connectivity index (χ2v) is 3.62. The number of aliphatic hydroxyl groups excluding tert-OH is 1. The molecule has 0 spiro atoms. The molecule has 1 rings (SSSR count). The van der Waals surface area contributed by atoms with Gasteiger partial charge in [-0.3, -0.25) is 0 Å². The molecule has 6 nitrogen and oxygen atoms in total. The molecule has 0 aliphatic heterocycles. The maximum absolute atomic E-state index is 9.56. The molecule has 0 aromatic carbocycles. The minimum absolute atomic E-state index is 0.372. The summed E-state index contributed by atoms with van der Waals surface area (Å²) in [7, 11) is 3.41. The van der Waals surface area contributed by atoms with Gasteiger partial charge in [-0.1, -0.05) is 6.92 Å². The van der Waals surface area contributed by atoms with E-state index in [1.165, 1.54) is 0 Å². The lowest BCUT2D eigenvalue weighted by Gasteiger charge is -2.12. The van der Waals surface area contributed by atoms with E-state index in [-0.39, 0.29) is 0 Å². The Morgan fingerprint density at radius 2 is 2.35 bits per heavy atom. The van der Waals surface area contributed by atoms with Gasteiger partial charge in [0.1, 0.15) is 23.7 Å². The Labute approximate surface area is 100 Å². The van der Waals surface area contributed by atoms with Gasteiger partial charge in [0, 0.05) is 20.2 Å². The quantitative estimate of drug-likeness (QED) is 0.694. The summed E-state index contributed by atoms with van der Waals surface area (Å²) in [5.74, 6) is 0.468. The molecule has 1 aromatic rings. The number of rotatable bonds is 3. The number of aromatic nitrogens is 1. The van der Waals surface area contributed by atoms with Crippen molar-refractivity contribution in [2.45, 2.75) is 19.6 Å². The zero-order valence-corrected chi connectivity index (χ0v) is 10.2. The van der Waals surface area contributed by atoms with Gasteiger partial charge in [-0.05, 0) is 6.42 Å². The van der Waals surface area contributed by atoms with Crippen LogP contribution >= 0.6 is 0 Å². The van der Waals surface area contributed by atoms with Gasteiger partial charge < -0.3 is 20.7 Å². The van der Waals surface area contributed by atoms with Crippen LogP contribution < -0.4 is 16.5 Å². The molecule has 0 fully saturated rings. The summed E-state index contributed by atoms with van der Waals surface area (Å²) < 4.78 is 1.58. The molecule has 1 aromatic heterocycles. The van der Waals surface area contributed by atoms with Gasteiger partial charge in [0.05, 0.1) is 5.69 Å². The average molecular weight is 235 g/mol. The normalized spacial score (nSPS) is 13.2. The summed E-state index contributed by atoms with van der Waals surface area (Å²) in [5, 5.41) is 21.6. The monoisotopic (exact) mass is 235 g/mol. The van der Waals surface area contributed by atoms with Crippen molar-refractivity contribution in [3.05, 3.63) is 17.1 Å². The highest BCUT2D eigenvalue weighted by Gasteiger charge is 2.09. The highest BCUT2D eigenvalue weighted by molar-refractivity contribution is 5.60. The van der Waals surface area contributed by atoms with E-state index in [1.54, 1.807) is 24.7 Å². The Hall–Kier alpha value is -2.00. The van der Waals surface area contributed by atoms with Gasteiger partial charge >= 0.3 is 0 Å². The fourth-order valence-electron chi connectivity index (χ4n) is 1.42. The molecular formula is C11H17N5O. The molecule has 17 heavy (non-hydrogen) atoms. The van der Waals surface area contributed by atoms with Crippen molar-refractivity contribution in [3.8, 4) is 6.07 Å². The first kappa shape index (κ1) is 13.1. The lowest BCUT2D eigenvalue weighted by Crippen LogP contribution is -2.27. The summed E-state index contributed by atoms with van der Waals surface area (Å²) in [6, 6.07) is 3.73. The Kier molecular flexibility index (Phi) is 4.12. The smallest absolute Gasteiger partial charge is 0.151 e. The number of anilines is 2. The van der Waals surface area contributed by atoms with E-state index in [9.17, 15) is 5.11 Å². The molecule has 4 N–H and O–H groups in total. The second-order valence-electron chi connectivity index (χ2n) is 3.62. The first-order valence-corrected chi connectivity index (χ1v) is 5.34. The summed E-state index contributed by atoms with van der Waals surface area (Å²) in [4.78, 5) is 4.09. The minimum Gasteiger partial charge on any atom is -0.387 e. The molecule has 6 heteroatoms. The first-order valence-electron chi connectivity index (χ1n) is 5.34. The predicted octanol–water partition coefficient (Wildman–Crippen LogP) is 0.150. The second kappa shape index (κ2) is 5.37. The van der Waals surface area contributed by atoms with Crippen molar-refractivity contribution < 1.29 is 5.11 Å². The molecule has 0 amide bonds. The number of hydrogen-bond acceptors (Lipinski definition) is 5. The Morgan fingerprint density at radius 1 is 1.71 bits per heavy atom. The maximum Gasteiger partial charge on any atom is 0.151 e. The minimum atomic E-state index is -0.834. The van der Waals surface area contributed by atoms with E-state index in [0.29, 0.717) is 29.0 Å². The summed E-state index contributed by atoms with van der Waals surface area (Å²) in [6.07, 6.45) is -0.353. The van der Waals surface area contributed by atoms with Crippen LogP contribution in [0.4, 0.5) is 11.5 Å². The SMILES string of the molecule is CCC(O)N=c1c(C#N)c(NC)cc(N)n1C. The van der Waals surface area contributed by atoms with Crippen LogP contribution in [0.25, 0.3) is 0 Å². The van der Waals surface area contributed by atoms with Crippen LogP contribution in [0.5, 0.6) is 0 Å². The molecule has 0 aliphatic carbocycles. The van der Waals surface area contributed by atoms with Gasteiger partial charge in [0.25, 0.3) is 0 Å². The molecule has 0 bridgehead atoms. The molecule has 92 valence electrons. The largest absolute Gasteiger partial charge is 0.387 e. The van der Waals surface area contributed by atoms with Crippen LogP contribution in [0.2, 0.25) is 0 Å². The number of hydrogen-bond donors (Lipinski definition) is 3. The molecule has 1 unspecified atom stereocenters. The number of nitrogens with zero attached hydrogens (tertiary/aromatic N) is 3. The van der Waals surface area contributed by atoms with E-state index in [2.05, 4.69) is 16.4 Å². The van der Waals surface area contributed by atoms with E-state index >= 15 is 0 Å². The van der Waals surface area contributed by atoms with Crippen molar-refractivity contribution in [1.82, 2.24) is 4.57 Å². The van der Waals surface area contributed by atoms with Crippen molar-refractivity contribution in [2.24, 2.45) is 12.0 Å². The fourth-order valence-corrected chi connectivity index (χ4v) is 1.42. The third-order valence-electron chi connectivity index (χ3n) is 2.51. The number of nitriles is 1. The Bertz CT molecular complexity index is 512. The van der Waals surface area contributed by atoms with Gasteiger partial charge in [0.2, 0.25) is 0 Å². The van der Waals surface area contributed by atoms with E-state index in [4.69, 9.17) is 11.0 Å². The van der Waals surface area contributed by atoms with Crippen LogP contribution in [0, 0.1) is 11.3 Å². The van der Waals surface area contributed by atoms with E-state index in [1.807, 2.05) is 6.92 Å². The number of nitrogen functional groups attached to an aromatic ring is 1. The van der Waals surface area contributed by atoms with Crippen LogP contribution in [0.3, 0.4) is 0 Å². The highest BCUT2D eigenvalue weighted by atomic mass is 16.3. The third kappa shape index (κ3) is 2.57. The van der Waals surface area contributed by atoms with E-state index in [0.717, 1.165) is 0 Å². The van der Waals surface area contributed by atoms with Crippen molar-refractivity contribution >= 4 is 11.5 Å². The zero-order valence-electron chi connectivity index (χ0n) is 10.2. The summed E-state index contributed by atoms with van der Waals surface area (Å²) in [5.41, 5.74) is 7.16. The van der Waals surface area contributed by atoms with Crippen LogP contribution in [-0.4, -0.2) is 22.9 Å². The molecular weight excluding hydrogens is 218 g/mol. The number of aliphatic hydroxyl groups is 1. The predicted molar refractivity (Wildman–Crippen MR) is 65.9 cm³/mol. The van der Waals surface area contributed by atoms with Gasteiger partial charge in [-0.25, -0.2) is 4.99 Å². The van der Waals surface area contributed by atoms with Crippen molar-refractivity contribution in [1.29, 1.82) is 5.26 Å². The standard InChI is InChI=1S/C11H17N5O/c1-4-10(17)15-11-7(6-12)8(14-2)5-9(13)16(11)3/h5,10,14,17H,4,13H2,1-3H3. The average Bonchev–Trinajstić information content (AvgIpc) is 2.34.